The molecule has 4 heteroatoms. The first-order valence-electron chi connectivity index (χ1n) is 6.46. The molecule has 0 fully saturated rings. The van der Waals surface area contributed by atoms with Crippen LogP contribution in [0.25, 0.3) is 0 Å². The first kappa shape index (κ1) is 14.4. The summed E-state index contributed by atoms with van der Waals surface area (Å²) in [6.45, 7) is 1.80. The molecule has 1 atom stereocenters. The van der Waals surface area contributed by atoms with E-state index >= 15 is 0 Å². The van der Waals surface area contributed by atoms with Crippen molar-refractivity contribution in [3.8, 4) is 17.2 Å². The zero-order chi connectivity index (χ0) is 14.5. The van der Waals surface area contributed by atoms with E-state index in [1.165, 1.54) is 0 Å². The molecule has 0 saturated heterocycles. The van der Waals surface area contributed by atoms with E-state index in [0.717, 1.165) is 11.1 Å². The fraction of sp³-hybridized carbons (Fsp3) is 0.250. The summed E-state index contributed by atoms with van der Waals surface area (Å²) in [4.78, 5) is 0. The van der Waals surface area contributed by atoms with E-state index in [2.05, 4.69) is 0 Å². The van der Waals surface area contributed by atoms with Crippen molar-refractivity contribution in [1.82, 2.24) is 0 Å². The second-order valence-corrected chi connectivity index (χ2v) is 4.53. The monoisotopic (exact) mass is 273 g/mol. The number of hydrogen-bond donors (Lipinski definition) is 2. The number of ether oxygens (including phenoxy) is 2. The van der Waals surface area contributed by atoms with E-state index in [1.54, 1.807) is 7.11 Å². The molecular weight excluding hydrogens is 254 g/mol. The molecule has 4 nitrogen and oxygen atoms in total. The molecule has 0 aliphatic heterocycles. The van der Waals surface area contributed by atoms with Crippen LogP contribution in [0.1, 0.15) is 24.1 Å². The third kappa shape index (κ3) is 2.92. The van der Waals surface area contributed by atoms with E-state index in [-0.39, 0.29) is 12.6 Å². The van der Waals surface area contributed by atoms with Crippen molar-refractivity contribution >= 4 is 0 Å². The minimum Gasteiger partial charge on any atom is -0.496 e. The molecule has 0 unspecified atom stereocenters. The molecule has 2 aromatic rings. The minimum atomic E-state index is -0.220. The summed E-state index contributed by atoms with van der Waals surface area (Å²) in [7, 11) is 1.60. The summed E-state index contributed by atoms with van der Waals surface area (Å²) < 4.78 is 11.2. The lowest BCUT2D eigenvalue weighted by Gasteiger charge is -2.18. The van der Waals surface area contributed by atoms with Crippen molar-refractivity contribution in [1.29, 1.82) is 0 Å². The smallest absolute Gasteiger partial charge is 0.135 e. The summed E-state index contributed by atoms with van der Waals surface area (Å²) >= 11 is 0. The fourth-order valence-corrected chi connectivity index (χ4v) is 2.09. The predicted octanol–water partition coefficient (Wildman–Crippen LogP) is 3.00. The third-order valence-electron chi connectivity index (χ3n) is 3.06. The molecule has 20 heavy (non-hydrogen) atoms. The molecule has 0 bridgehead atoms. The summed E-state index contributed by atoms with van der Waals surface area (Å²) in [5.41, 5.74) is 7.54. The number of nitrogens with two attached hydrogens (primary N) is 1. The van der Waals surface area contributed by atoms with Gasteiger partial charge in [-0.3, -0.25) is 0 Å². The maximum atomic E-state index is 9.35. The highest BCUT2D eigenvalue weighted by atomic mass is 16.5. The topological polar surface area (TPSA) is 64.7 Å². The second-order valence-electron chi connectivity index (χ2n) is 4.53. The zero-order valence-corrected chi connectivity index (χ0v) is 11.7. The van der Waals surface area contributed by atoms with Crippen LogP contribution < -0.4 is 15.2 Å². The van der Waals surface area contributed by atoms with Crippen LogP contribution in [0.5, 0.6) is 17.2 Å². The van der Waals surface area contributed by atoms with Crippen LogP contribution in [-0.4, -0.2) is 12.2 Å². The molecule has 0 amide bonds. The Kier molecular flexibility index (Phi) is 4.61. The standard InChI is InChI=1S/C16H19NO3/c1-11(17)16-14(19-2)8-5-9-15(16)20-13-7-4-3-6-12(13)10-18/h3-9,11,18H,10,17H2,1-2H3/t11-/m0/s1. The molecule has 0 radical (unpaired) electrons. The van der Waals surface area contributed by atoms with Crippen LogP contribution in [0.2, 0.25) is 0 Å². The van der Waals surface area contributed by atoms with Gasteiger partial charge in [0.1, 0.15) is 17.2 Å². The Hall–Kier alpha value is -2.04. The molecule has 0 aliphatic carbocycles. The summed E-state index contributed by atoms with van der Waals surface area (Å²) in [5.74, 6) is 1.95. The van der Waals surface area contributed by atoms with Crippen molar-refractivity contribution < 1.29 is 14.6 Å². The van der Waals surface area contributed by atoms with Crippen LogP contribution >= 0.6 is 0 Å². The molecule has 106 valence electrons. The largest absolute Gasteiger partial charge is 0.496 e. The Balaban J connectivity index is 2.43. The van der Waals surface area contributed by atoms with Gasteiger partial charge in [0.2, 0.25) is 0 Å². The first-order valence-corrected chi connectivity index (χ1v) is 6.46. The van der Waals surface area contributed by atoms with Gasteiger partial charge in [-0.25, -0.2) is 0 Å². The number of para-hydroxylation sites is 1. The average Bonchev–Trinajstić information content (AvgIpc) is 2.47. The van der Waals surface area contributed by atoms with Gasteiger partial charge in [-0.05, 0) is 25.1 Å². The van der Waals surface area contributed by atoms with Crippen LogP contribution in [0.4, 0.5) is 0 Å². The number of benzene rings is 2. The molecular formula is C16H19NO3. The van der Waals surface area contributed by atoms with Crippen LogP contribution in [0.15, 0.2) is 42.5 Å². The summed E-state index contributed by atoms with van der Waals surface area (Å²) in [6.07, 6.45) is 0. The van der Waals surface area contributed by atoms with Gasteiger partial charge in [0.05, 0.1) is 19.3 Å². The van der Waals surface area contributed by atoms with Gasteiger partial charge in [0.25, 0.3) is 0 Å². The molecule has 3 N–H and O–H groups in total. The number of aliphatic hydroxyl groups is 1. The predicted molar refractivity (Wildman–Crippen MR) is 78.0 cm³/mol. The quantitative estimate of drug-likeness (QED) is 0.879. The van der Waals surface area contributed by atoms with Crippen molar-refractivity contribution in [2.24, 2.45) is 5.73 Å². The lowest BCUT2D eigenvalue weighted by Crippen LogP contribution is -2.09. The van der Waals surface area contributed by atoms with Crippen molar-refractivity contribution in [3.05, 3.63) is 53.6 Å². The summed E-state index contributed by atoms with van der Waals surface area (Å²) in [5, 5.41) is 9.35. The van der Waals surface area contributed by atoms with E-state index in [9.17, 15) is 5.11 Å². The molecule has 2 rings (SSSR count). The normalized spacial score (nSPS) is 12.0. The van der Waals surface area contributed by atoms with Gasteiger partial charge in [-0.15, -0.1) is 0 Å². The van der Waals surface area contributed by atoms with E-state index in [1.807, 2.05) is 49.4 Å². The van der Waals surface area contributed by atoms with Crippen LogP contribution in [-0.2, 0) is 6.61 Å². The molecule has 0 heterocycles. The van der Waals surface area contributed by atoms with Gasteiger partial charge in [0.15, 0.2) is 0 Å². The highest BCUT2D eigenvalue weighted by molar-refractivity contribution is 5.49. The Morgan fingerprint density at radius 1 is 1.05 bits per heavy atom. The van der Waals surface area contributed by atoms with Gasteiger partial charge >= 0.3 is 0 Å². The van der Waals surface area contributed by atoms with Crippen molar-refractivity contribution in [3.63, 3.8) is 0 Å². The SMILES string of the molecule is COc1cccc(Oc2ccccc2CO)c1[C@H](C)N. The zero-order valence-electron chi connectivity index (χ0n) is 11.7. The highest BCUT2D eigenvalue weighted by Crippen LogP contribution is 2.36. The van der Waals surface area contributed by atoms with Crippen molar-refractivity contribution in [2.45, 2.75) is 19.6 Å². The molecule has 0 saturated carbocycles. The number of methoxy groups -OCH3 is 1. The highest BCUT2D eigenvalue weighted by Gasteiger charge is 2.15. The Labute approximate surface area is 118 Å². The average molecular weight is 273 g/mol. The lowest BCUT2D eigenvalue weighted by molar-refractivity contribution is 0.276. The van der Waals surface area contributed by atoms with Gasteiger partial charge in [0, 0.05) is 11.6 Å². The minimum absolute atomic E-state index is 0.0757. The molecule has 0 aromatic heterocycles. The number of hydrogen-bond acceptors (Lipinski definition) is 4. The lowest BCUT2D eigenvalue weighted by atomic mass is 10.1. The van der Waals surface area contributed by atoms with E-state index in [0.29, 0.717) is 17.2 Å². The molecule has 2 aromatic carbocycles. The second kappa shape index (κ2) is 6.41. The number of rotatable bonds is 5. The fourth-order valence-electron chi connectivity index (χ4n) is 2.09. The van der Waals surface area contributed by atoms with Gasteiger partial charge in [-0.1, -0.05) is 24.3 Å². The van der Waals surface area contributed by atoms with Crippen LogP contribution in [0.3, 0.4) is 0 Å². The number of aliphatic hydroxyl groups excluding tert-OH is 1. The first-order chi connectivity index (χ1) is 9.67. The molecule has 0 spiro atoms. The van der Waals surface area contributed by atoms with Crippen LogP contribution in [0, 0.1) is 0 Å². The van der Waals surface area contributed by atoms with E-state index < -0.39 is 0 Å². The van der Waals surface area contributed by atoms with Crippen molar-refractivity contribution in [2.75, 3.05) is 7.11 Å². The Morgan fingerprint density at radius 2 is 1.70 bits per heavy atom. The Morgan fingerprint density at radius 3 is 2.35 bits per heavy atom. The van der Waals surface area contributed by atoms with Gasteiger partial charge in [-0.2, -0.15) is 0 Å². The summed E-state index contributed by atoms with van der Waals surface area (Å²) in [6, 6.07) is 12.7. The maximum absolute atomic E-state index is 9.35. The Bertz CT molecular complexity index is 582. The maximum Gasteiger partial charge on any atom is 0.135 e. The molecule has 0 aliphatic rings. The van der Waals surface area contributed by atoms with E-state index in [4.69, 9.17) is 15.2 Å². The van der Waals surface area contributed by atoms with Gasteiger partial charge < -0.3 is 20.3 Å². The third-order valence-corrected chi connectivity index (χ3v) is 3.06.